The zero-order chi connectivity index (χ0) is 12.6. The Hall–Kier alpha value is -1.08. The van der Waals surface area contributed by atoms with Crippen molar-refractivity contribution < 1.29 is 13.2 Å². The van der Waals surface area contributed by atoms with E-state index >= 15 is 0 Å². The summed E-state index contributed by atoms with van der Waals surface area (Å²) in [7, 11) is 0. The summed E-state index contributed by atoms with van der Waals surface area (Å²) in [6, 6.07) is 0.880. The zero-order valence-electron chi connectivity index (χ0n) is 8.42. The van der Waals surface area contributed by atoms with Crippen LogP contribution in [0.15, 0.2) is 17.4 Å². The fraction of sp³-hybridized carbons (Fsp3) is 0.222. The number of hydrogen-bond donors (Lipinski definition) is 0. The van der Waals surface area contributed by atoms with Crippen molar-refractivity contribution in [3.63, 3.8) is 0 Å². The van der Waals surface area contributed by atoms with Crippen LogP contribution >= 0.6 is 23.4 Å². The first-order valence-corrected chi connectivity index (χ1v) is 5.96. The molecular weight excluding hydrogens is 275 g/mol. The number of hydrogen-bond acceptors (Lipinski definition) is 4. The number of rotatable bonds is 1. The first kappa shape index (κ1) is 12.4. The highest BCUT2D eigenvalue weighted by Gasteiger charge is 2.33. The van der Waals surface area contributed by atoms with Crippen LogP contribution < -0.4 is 0 Å². The Bertz CT molecular complexity index is 573. The van der Waals surface area contributed by atoms with Gasteiger partial charge in [0, 0.05) is 11.6 Å². The van der Waals surface area contributed by atoms with Crippen LogP contribution in [0.25, 0.3) is 10.9 Å². The second-order valence-electron chi connectivity index (χ2n) is 3.09. The third-order valence-corrected chi connectivity index (χ3v) is 2.80. The third kappa shape index (κ3) is 2.44. The van der Waals surface area contributed by atoms with Gasteiger partial charge in [-0.15, -0.1) is 0 Å². The molecule has 0 saturated carbocycles. The summed E-state index contributed by atoms with van der Waals surface area (Å²) in [5.74, 6) is 0. The van der Waals surface area contributed by atoms with Crippen LogP contribution in [-0.4, -0.2) is 21.2 Å². The van der Waals surface area contributed by atoms with Gasteiger partial charge in [-0.1, -0.05) is 23.4 Å². The van der Waals surface area contributed by atoms with Crippen molar-refractivity contribution in [1.29, 1.82) is 0 Å². The van der Waals surface area contributed by atoms with Crippen LogP contribution in [0.3, 0.4) is 0 Å². The summed E-state index contributed by atoms with van der Waals surface area (Å²) in [6.07, 6.45) is -1.47. The Morgan fingerprint density at radius 1 is 1.29 bits per heavy atom. The molecule has 0 N–H and O–H groups in total. The Balaban J connectivity index is 2.68. The molecule has 0 spiro atoms. The molecule has 0 aliphatic heterocycles. The van der Waals surface area contributed by atoms with E-state index in [1.165, 1.54) is 18.0 Å². The molecule has 0 unspecified atom stereocenters. The highest BCUT2D eigenvalue weighted by molar-refractivity contribution is 7.98. The molecule has 90 valence electrons. The third-order valence-electron chi connectivity index (χ3n) is 1.97. The minimum absolute atomic E-state index is 0.218. The molecule has 0 amide bonds. The van der Waals surface area contributed by atoms with E-state index in [1.54, 1.807) is 6.26 Å². The average molecular weight is 280 g/mol. The maximum Gasteiger partial charge on any atom is 0.433 e. The number of aromatic nitrogens is 3. The van der Waals surface area contributed by atoms with Crippen LogP contribution in [-0.2, 0) is 6.18 Å². The molecule has 0 saturated heterocycles. The number of alkyl halides is 3. The predicted molar refractivity (Wildman–Crippen MR) is 59.1 cm³/mol. The van der Waals surface area contributed by atoms with Crippen LogP contribution in [0.4, 0.5) is 13.2 Å². The lowest BCUT2D eigenvalue weighted by molar-refractivity contribution is -0.141. The molecule has 0 radical (unpaired) electrons. The van der Waals surface area contributed by atoms with Gasteiger partial charge in [-0.25, -0.2) is 15.0 Å². The largest absolute Gasteiger partial charge is 0.433 e. The molecule has 2 heterocycles. The van der Waals surface area contributed by atoms with Gasteiger partial charge in [-0.05, 0) is 12.3 Å². The highest BCUT2D eigenvalue weighted by atomic mass is 35.5. The van der Waals surface area contributed by atoms with Gasteiger partial charge in [-0.2, -0.15) is 13.2 Å². The van der Waals surface area contributed by atoms with Crippen LogP contribution in [0.2, 0.25) is 5.15 Å². The van der Waals surface area contributed by atoms with E-state index in [9.17, 15) is 13.2 Å². The normalized spacial score (nSPS) is 12.1. The quantitative estimate of drug-likeness (QED) is 0.455. The standard InChI is InChI=1S/C9H5ClF3N3S/c1-17-8-14-3-4-2-5(9(11,12)13)15-7(10)6(4)16-8/h2-3H,1H3. The summed E-state index contributed by atoms with van der Waals surface area (Å²) in [5.41, 5.74) is -0.825. The topological polar surface area (TPSA) is 38.7 Å². The summed E-state index contributed by atoms with van der Waals surface area (Å²) in [4.78, 5) is 11.2. The smallest absolute Gasteiger partial charge is 0.230 e. The first-order valence-electron chi connectivity index (χ1n) is 4.36. The lowest BCUT2D eigenvalue weighted by Gasteiger charge is -2.08. The molecule has 2 rings (SSSR count). The van der Waals surface area contributed by atoms with Gasteiger partial charge in [0.25, 0.3) is 0 Å². The van der Waals surface area contributed by atoms with Crippen LogP contribution in [0.1, 0.15) is 5.69 Å². The molecule has 0 bridgehead atoms. The van der Waals surface area contributed by atoms with Gasteiger partial charge in [0.05, 0.1) is 0 Å². The zero-order valence-corrected chi connectivity index (χ0v) is 9.99. The summed E-state index contributed by atoms with van der Waals surface area (Å²) in [5, 5.41) is 0.378. The van der Waals surface area contributed by atoms with Crippen molar-refractivity contribution in [1.82, 2.24) is 15.0 Å². The fourth-order valence-corrected chi connectivity index (χ4v) is 1.81. The van der Waals surface area contributed by atoms with Gasteiger partial charge >= 0.3 is 6.18 Å². The van der Waals surface area contributed by atoms with E-state index < -0.39 is 11.9 Å². The molecule has 0 atom stereocenters. The summed E-state index contributed by atoms with van der Waals surface area (Å²) >= 11 is 6.96. The molecule has 0 aliphatic carbocycles. The number of halogens is 4. The van der Waals surface area contributed by atoms with E-state index in [2.05, 4.69) is 15.0 Å². The maximum absolute atomic E-state index is 12.5. The van der Waals surface area contributed by atoms with Crippen LogP contribution in [0, 0.1) is 0 Å². The molecule has 17 heavy (non-hydrogen) atoms. The molecule has 3 nitrogen and oxygen atoms in total. The lowest BCUT2D eigenvalue weighted by Crippen LogP contribution is -2.08. The molecule has 2 aromatic rings. The molecule has 2 aromatic heterocycles. The Morgan fingerprint density at radius 3 is 2.59 bits per heavy atom. The van der Waals surface area contributed by atoms with Crippen molar-refractivity contribution in [2.24, 2.45) is 0 Å². The second-order valence-corrected chi connectivity index (χ2v) is 4.22. The monoisotopic (exact) mass is 279 g/mol. The number of thioether (sulfide) groups is 1. The number of fused-ring (bicyclic) bond motifs is 1. The molecule has 0 fully saturated rings. The Morgan fingerprint density at radius 2 is 2.00 bits per heavy atom. The van der Waals surface area contributed by atoms with E-state index in [4.69, 9.17) is 11.6 Å². The fourth-order valence-electron chi connectivity index (χ4n) is 1.23. The lowest BCUT2D eigenvalue weighted by atomic mass is 10.2. The van der Waals surface area contributed by atoms with Crippen molar-refractivity contribution in [2.75, 3.05) is 6.26 Å². The Kier molecular flexibility index (Phi) is 3.13. The predicted octanol–water partition coefficient (Wildman–Crippen LogP) is 3.42. The summed E-state index contributed by atoms with van der Waals surface area (Å²) in [6.45, 7) is 0. The van der Waals surface area contributed by atoms with Crippen molar-refractivity contribution >= 4 is 34.3 Å². The van der Waals surface area contributed by atoms with E-state index in [1.807, 2.05) is 0 Å². The van der Waals surface area contributed by atoms with E-state index in [0.717, 1.165) is 6.07 Å². The minimum Gasteiger partial charge on any atom is -0.230 e. The van der Waals surface area contributed by atoms with E-state index in [-0.39, 0.29) is 16.1 Å². The van der Waals surface area contributed by atoms with Gasteiger partial charge in [-0.3, -0.25) is 0 Å². The first-order chi connectivity index (χ1) is 7.91. The molecule has 8 heteroatoms. The van der Waals surface area contributed by atoms with Gasteiger partial charge in [0.15, 0.2) is 10.3 Å². The van der Waals surface area contributed by atoms with Crippen molar-refractivity contribution in [3.8, 4) is 0 Å². The second kappa shape index (κ2) is 4.30. The van der Waals surface area contributed by atoms with Crippen molar-refractivity contribution in [2.45, 2.75) is 11.3 Å². The summed E-state index contributed by atoms with van der Waals surface area (Å²) < 4.78 is 37.4. The molecule has 0 aromatic carbocycles. The van der Waals surface area contributed by atoms with Gasteiger partial charge < -0.3 is 0 Å². The maximum atomic E-state index is 12.5. The SMILES string of the molecule is CSc1ncc2cc(C(F)(F)F)nc(Cl)c2n1. The minimum atomic E-state index is -4.53. The van der Waals surface area contributed by atoms with E-state index in [0.29, 0.717) is 5.16 Å². The Labute approximate surface area is 103 Å². The molecular formula is C9H5ClF3N3S. The van der Waals surface area contributed by atoms with Crippen LogP contribution in [0.5, 0.6) is 0 Å². The molecule has 0 aliphatic rings. The van der Waals surface area contributed by atoms with Crippen molar-refractivity contribution in [3.05, 3.63) is 23.1 Å². The number of pyridine rings is 1. The highest BCUT2D eigenvalue weighted by Crippen LogP contribution is 2.32. The van der Waals surface area contributed by atoms with Gasteiger partial charge in [0.2, 0.25) is 0 Å². The number of nitrogens with zero attached hydrogens (tertiary/aromatic N) is 3. The average Bonchev–Trinajstić information content (AvgIpc) is 2.27. The van der Waals surface area contributed by atoms with Gasteiger partial charge in [0.1, 0.15) is 11.2 Å².